The van der Waals surface area contributed by atoms with Gasteiger partial charge in [0.15, 0.2) is 5.69 Å². The van der Waals surface area contributed by atoms with E-state index in [0.717, 1.165) is 23.4 Å². The van der Waals surface area contributed by atoms with E-state index in [4.69, 9.17) is 0 Å². The summed E-state index contributed by atoms with van der Waals surface area (Å²) in [5, 5.41) is 10.5. The number of amides is 1. The molecule has 1 aliphatic rings. The van der Waals surface area contributed by atoms with Crippen LogP contribution < -0.4 is 5.32 Å². The van der Waals surface area contributed by atoms with Crippen molar-refractivity contribution >= 4 is 5.91 Å². The van der Waals surface area contributed by atoms with Crippen LogP contribution in [-0.4, -0.2) is 30.5 Å². The van der Waals surface area contributed by atoms with Crippen LogP contribution in [0.25, 0.3) is 11.3 Å². The number of halogens is 6. The van der Waals surface area contributed by atoms with Gasteiger partial charge in [-0.2, -0.15) is 36.5 Å². The molecule has 3 aromatic heterocycles. The molecule has 0 bridgehead atoms. The smallest absolute Gasteiger partial charge is 0.342 e. The normalized spacial score (nSPS) is 16.8. The van der Waals surface area contributed by atoms with Crippen molar-refractivity contribution in [2.75, 3.05) is 0 Å². The quantitative estimate of drug-likeness (QED) is 0.546. The van der Waals surface area contributed by atoms with Gasteiger partial charge in [0.2, 0.25) is 0 Å². The molecule has 7 nitrogen and oxygen atoms in total. The number of alkyl halides is 6. The van der Waals surface area contributed by atoms with Gasteiger partial charge in [-0.15, -0.1) is 0 Å². The van der Waals surface area contributed by atoms with Gasteiger partial charge in [-0.1, -0.05) is 0 Å². The van der Waals surface area contributed by atoms with Gasteiger partial charge in [0.05, 0.1) is 17.4 Å². The average molecular weight is 486 g/mol. The van der Waals surface area contributed by atoms with E-state index in [-0.39, 0.29) is 11.3 Å². The first-order valence-electron chi connectivity index (χ1n) is 10.4. The first kappa shape index (κ1) is 23.8. The third-order valence-electron chi connectivity index (χ3n) is 5.66. The summed E-state index contributed by atoms with van der Waals surface area (Å²) in [4.78, 5) is 16.2. The van der Waals surface area contributed by atoms with Gasteiger partial charge in [-0.3, -0.25) is 19.1 Å². The molecule has 0 radical (unpaired) electrons. The molecule has 4 rings (SSSR count). The third kappa shape index (κ3) is 4.64. The van der Waals surface area contributed by atoms with Crippen molar-refractivity contribution in [3.8, 4) is 11.3 Å². The summed E-state index contributed by atoms with van der Waals surface area (Å²) in [6.07, 6.45) is -6.26. The fourth-order valence-corrected chi connectivity index (χ4v) is 3.93. The van der Waals surface area contributed by atoms with Gasteiger partial charge >= 0.3 is 12.4 Å². The predicted molar refractivity (Wildman–Crippen MR) is 107 cm³/mol. The summed E-state index contributed by atoms with van der Waals surface area (Å²) < 4.78 is 80.8. The van der Waals surface area contributed by atoms with Gasteiger partial charge in [0, 0.05) is 31.4 Å². The Morgan fingerprint density at radius 1 is 1.03 bits per heavy atom. The number of aromatic nitrogens is 5. The second-order valence-corrected chi connectivity index (χ2v) is 8.12. The van der Waals surface area contributed by atoms with Crippen LogP contribution in [0, 0.1) is 6.92 Å². The molecular weight excluding hydrogens is 466 g/mol. The fourth-order valence-electron chi connectivity index (χ4n) is 3.93. The number of nitrogens with one attached hydrogen (secondary N) is 1. The molecule has 0 fully saturated rings. The Bertz CT molecular complexity index is 1230. The molecule has 34 heavy (non-hydrogen) atoms. The minimum Gasteiger partial charge on any atom is -0.342 e. The molecule has 182 valence electrons. The van der Waals surface area contributed by atoms with Crippen molar-refractivity contribution in [1.29, 1.82) is 0 Å². The number of pyridine rings is 1. The van der Waals surface area contributed by atoms with E-state index in [0.29, 0.717) is 42.4 Å². The molecule has 1 atom stereocenters. The molecule has 3 aromatic rings. The van der Waals surface area contributed by atoms with E-state index in [1.165, 1.54) is 7.05 Å². The van der Waals surface area contributed by atoms with Gasteiger partial charge in [0.1, 0.15) is 11.4 Å². The van der Waals surface area contributed by atoms with Crippen LogP contribution in [0.15, 0.2) is 24.4 Å². The Kier molecular flexibility index (Phi) is 5.90. The lowest BCUT2D eigenvalue weighted by Gasteiger charge is -2.17. The largest absolute Gasteiger partial charge is 0.435 e. The van der Waals surface area contributed by atoms with Crippen LogP contribution in [0.4, 0.5) is 26.3 Å². The molecule has 0 spiro atoms. The molecule has 4 heterocycles. The van der Waals surface area contributed by atoms with Crippen molar-refractivity contribution in [2.24, 2.45) is 7.05 Å². The first-order chi connectivity index (χ1) is 15.8. The Balaban J connectivity index is 1.66. The molecule has 1 amide bonds. The highest BCUT2D eigenvalue weighted by atomic mass is 19.4. The number of nitrogens with zero attached hydrogens (tertiary/aromatic N) is 5. The zero-order chi connectivity index (χ0) is 24.8. The molecule has 0 saturated heterocycles. The third-order valence-corrected chi connectivity index (χ3v) is 5.66. The van der Waals surface area contributed by atoms with Crippen LogP contribution in [0.1, 0.15) is 58.4 Å². The maximum atomic E-state index is 13.2. The van der Waals surface area contributed by atoms with Gasteiger partial charge in [-0.05, 0) is 43.9 Å². The Labute approximate surface area is 189 Å². The standard InChI is InChI=1S/C21H20F6N6O/c1-11-10-28-17(20(22,23)24)7-12(11)14-8-15-13(5-3-4-6-33(15)30-14)29-19(34)16-9-18(21(25,26)27)31-32(16)2/h7-10,13H,3-6H2,1-2H3,(H,29,34)/t13-/m1/s1. The fraction of sp³-hybridized carbons (Fsp3) is 0.429. The zero-order valence-electron chi connectivity index (χ0n) is 18.1. The van der Waals surface area contributed by atoms with E-state index in [9.17, 15) is 31.1 Å². The van der Waals surface area contributed by atoms with Crippen LogP contribution in [0.2, 0.25) is 0 Å². The van der Waals surface area contributed by atoms with E-state index < -0.39 is 35.7 Å². The Morgan fingerprint density at radius 2 is 1.74 bits per heavy atom. The minimum absolute atomic E-state index is 0.259. The van der Waals surface area contributed by atoms with Crippen molar-refractivity contribution in [3.05, 3.63) is 52.7 Å². The summed E-state index contributed by atoms with van der Waals surface area (Å²) >= 11 is 0. The lowest BCUT2D eigenvalue weighted by atomic mass is 10.0. The lowest BCUT2D eigenvalue weighted by molar-refractivity contribution is -0.142. The number of rotatable bonds is 3. The highest BCUT2D eigenvalue weighted by molar-refractivity contribution is 5.93. The topological polar surface area (TPSA) is 77.6 Å². The second-order valence-electron chi connectivity index (χ2n) is 8.12. The van der Waals surface area contributed by atoms with Crippen molar-refractivity contribution in [3.63, 3.8) is 0 Å². The maximum Gasteiger partial charge on any atom is 0.435 e. The maximum absolute atomic E-state index is 13.2. The number of aryl methyl sites for hydroxylation is 3. The lowest BCUT2D eigenvalue weighted by Crippen LogP contribution is -2.30. The van der Waals surface area contributed by atoms with E-state index in [1.54, 1.807) is 17.7 Å². The first-order valence-corrected chi connectivity index (χ1v) is 10.4. The number of hydrogen-bond acceptors (Lipinski definition) is 4. The predicted octanol–water partition coefficient (Wildman–Crippen LogP) is 4.68. The molecule has 13 heteroatoms. The van der Waals surface area contributed by atoms with Crippen LogP contribution in [0.3, 0.4) is 0 Å². The molecule has 0 unspecified atom stereocenters. The zero-order valence-corrected chi connectivity index (χ0v) is 18.1. The molecule has 1 N–H and O–H groups in total. The SMILES string of the molecule is Cc1cnc(C(F)(F)F)cc1-c1cc2n(n1)CCCC[C@H]2NC(=O)c1cc(C(F)(F)F)nn1C. The summed E-state index contributed by atoms with van der Waals surface area (Å²) in [5.74, 6) is -0.744. The van der Waals surface area contributed by atoms with E-state index >= 15 is 0 Å². The number of hydrogen-bond donors (Lipinski definition) is 1. The average Bonchev–Trinajstić information content (AvgIpc) is 3.29. The summed E-state index contributed by atoms with van der Waals surface area (Å²) in [6, 6.07) is 2.61. The number of carbonyl (C=O) groups is 1. The van der Waals surface area contributed by atoms with E-state index in [1.807, 2.05) is 0 Å². The van der Waals surface area contributed by atoms with Crippen molar-refractivity contribution in [1.82, 2.24) is 29.9 Å². The molecule has 0 aromatic carbocycles. The molecule has 0 saturated carbocycles. The van der Waals surface area contributed by atoms with Gasteiger partial charge in [0.25, 0.3) is 5.91 Å². The summed E-state index contributed by atoms with van der Waals surface area (Å²) in [5.41, 5.74) is -0.876. The number of fused-ring (bicyclic) bond motifs is 1. The Hall–Kier alpha value is -3.38. The van der Waals surface area contributed by atoms with Gasteiger partial charge < -0.3 is 5.32 Å². The molecule has 0 aliphatic carbocycles. The Morgan fingerprint density at radius 3 is 2.38 bits per heavy atom. The molecule has 1 aliphatic heterocycles. The van der Waals surface area contributed by atoms with Crippen LogP contribution >= 0.6 is 0 Å². The van der Waals surface area contributed by atoms with Crippen LogP contribution in [0.5, 0.6) is 0 Å². The summed E-state index contributed by atoms with van der Waals surface area (Å²) in [7, 11) is 1.24. The van der Waals surface area contributed by atoms with Crippen molar-refractivity contribution in [2.45, 2.75) is 51.1 Å². The van der Waals surface area contributed by atoms with Gasteiger partial charge in [-0.25, -0.2) is 0 Å². The van der Waals surface area contributed by atoms with Crippen LogP contribution in [-0.2, 0) is 25.9 Å². The highest BCUT2D eigenvalue weighted by Gasteiger charge is 2.36. The minimum atomic E-state index is -4.69. The highest BCUT2D eigenvalue weighted by Crippen LogP contribution is 2.34. The van der Waals surface area contributed by atoms with Crippen molar-refractivity contribution < 1.29 is 31.1 Å². The number of carbonyl (C=O) groups excluding carboxylic acids is 1. The summed E-state index contributed by atoms with van der Waals surface area (Å²) in [6.45, 7) is 2.11. The molecular formula is C21H20F6N6O. The monoisotopic (exact) mass is 486 g/mol. The van der Waals surface area contributed by atoms with E-state index in [2.05, 4.69) is 20.5 Å². The second kappa shape index (κ2) is 8.44.